The van der Waals surface area contributed by atoms with Crippen LogP contribution >= 0.6 is 0 Å². The highest BCUT2D eigenvalue weighted by molar-refractivity contribution is 5.95. The van der Waals surface area contributed by atoms with Crippen LogP contribution in [-0.2, 0) is 18.0 Å². The molecule has 0 heterocycles. The van der Waals surface area contributed by atoms with E-state index in [1.54, 1.807) is 18.2 Å². The molecule has 0 saturated heterocycles. The van der Waals surface area contributed by atoms with Gasteiger partial charge in [0.2, 0.25) is 0 Å². The second-order valence-electron chi connectivity index (χ2n) is 6.13. The minimum absolute atomic E-state index is 0.0103. The van der Waals surface area contributed by atoms with Gasteiger partial charge in [0.25, 0.3) is 5.91 Å². The monoisotopic (exact) mass is 392 g/mol. The number of phenolic OH excluding ortho intramolecular Hbond substituents is 1. The van der Waals surface area contributed by atoms with Crippen LogP contribution in [0.3, 0.4) is 0 Å². The number of carbonyl (C=O) groups is 2. The van der Waals surface area contributed by atoms with E-state index in [0.29, 0.717) is 12.4 Å². The fraction of sp³-hybridized carbons (Fsp3) is 0.0909. The third kappa shape index (κ3) is 6.28. The summed E-state index contributed by atoms with van der Waals surface area (Å²) in [5, 5.41) is 9.37. The van der Waals surface area contributed by atoms with Crippen LogP contribution in [0.4, 0.5) is 4.79 Å². The molecule has 0 unspecified atom stereocenters. The van der Waals surface area contributed by atoms with E-state index in [1.165, 1.54) is 24.3 Å². The Bertz CT molecular complexity index is 976. The number of hydrogen-bond donors (Lipinski definition) is 3. The summed E-state index contributed by atoms with van der Waals surface area (Å²) in [7, 11) is 0. The Kier molecular flexibility index (Phi) is 6.67. The minimum Gasteiger partial charge on any atom is -0.508 e. The van der Waals surface area contributed by atoms with Crippen LogP contribution in [0, 0.1) is 0 Å². The number of ether oxygens (including phenoxy) is 2. The van der Waals surface area contributed by atoms with Crippen LogP contribution in [0.5, 0.6) is 11.5 Å². The molecule has 0 atom stereocenters. The van der Waals surface area contributed by atoms with E-state index in [4.69, 9.17) is 9.47 Å². The Morgan fingerprint density at radius 2 is 1.55 bits per heavy atom. The van der Waals surface area contributed by atoms with Crippen LogP contribution in [0.25, 0.3) is 0 Å². The molecule has 0 bridgehead atoms. The summed E-state index contributed by atoms with van der Waals surface area (Å²) in [5.41, 5.74) is 6.37. The molecular weight excluding hydrogens is 372 g/mol. The molecule has 0 saturated carbocycles. The molecule has 7 nitrogen and oxygen atoms in total. The zero-order valence-electron chi connectivity index (χ0n) is 15.5. The highest BCUT2D eigenvalue weighted by Crippen LogP contribution is 2.16. The normalized spacial score (nSPS) is 10.1. The molecule has 0 radical (unpaired) electrons. The predicted octanol–water partition coefficient (Wildman–Crippen LogP) is 3.54. The summed E-state index contributed by atoms with van der Waals surface area (Å²) >= 11 is 0. The average Bonchev–Trinajstić information content (AvgIpc) is 2.75. The first kappa shape index (κ1) is 19.8. The maximum Gasteiger partial charge on any atom is 0.426 e. The number of carbonyl (C=O) groups excluding carboxylic acids is 2. The highest BCUT2D eigenvalue weighted by Gasteiger charge is 2.09. The lowest BCUT2D eigenvalue weighted by Gasteiger charge is -2.10. The lowest BCUT2D eigenvalue weighted by atomic mass is 10.2. The van der Waals surface area contributed by atoms with E-state index in [0.717, 1.165) is 11.1 Å². The highest BCUT2D eigenvalue weighted by atomic mass is 16.6. The Hall–Kier alpha value is -4.00. The van der Waals surface area contributed by atoms with Gasteiger partial charge in [-0.25, -0.2) is 10.2 Å². The molecule has 148 valence electrons. The van der Waals surface area contributed by atoms with Crippen LogP contribution in [-0.4, -0.2) is 17.1 Å². The van der Waals surface area contributed by atoms with Crippen molar-refractivity contribution in [1.82, 2.24) is 10.9 Å². The quantitative estimate of drug-likeness (QED) is 0.558. The molecule has 0 aromatic heterocycles. The molecule has 3 aromatic rings. The van der Waals surface area contributed by atoms with Gasteiger partial charge in [0.05, 0.1) is 0 Å². The summed E-state index contributed by atoms with van der Waals surface area (Å²) < 4.78 is 10.8. The second-order valence-corrected chi connectivity index (χ2v) is 6.13. The molecule has 7 heteroatoms. The second kappa shape index (κ2) is 9.80. The first-order chi connectivity index (χ1) is 14.1. The molecule has 0 aliphatic rings. The van der Waals surface area contributed by atoms with Gasteiger partial charge in [0, 0.05) is 5.56 Å². The number of hydrazine groups is 1. The lowest BCUT2D eigenvalue weighted by molar-refractivity contribution is 0.0904. The van der Waals surface area contributed by atoms with Gasteiger partial charge in [-0.2, -0.15) is 0 Å². The number of aromatic hydroxyl groups is 1. The van der Waals surface area contributed by atoms with E-state index in [1.807, 2.05) is 36.4 Å². The summed E-state index contributed by atoms with van der Waals surface area (Å²) in [6, 6.07) is 22.7. The number of rotatable bonds is 6. The topological polar surface area (TPSA) is 96.9 Å². The number of benzene rings is 3. The first-order valence-electron chi connectivity index (χ1n) is 8.88. The number of hydrogen-bond acceptors (Lipinski definition) is 5. The van der Waals surface area contributed by atoms with E-state index in [2.05, 4.69) is 10.9 Å². The SMILES string of the molecule is O=C(NNC(=O)c1cccc(O)c1)OCc1cccc(OCc2ccccc2)c1. The van der Waals surface area contributed by atoms with Crippen molar-refractivity contribution in [3.63, 3.8) is 0 Å². The van der Waals surface area contributed by atoms with Gasteiger partial charge in [-0.05, 0) is 41.5 Å². The van der Waals surface area contributed by atoms with Gasteiger partial charge in [0.1, 0.15) is 24.7 Å². The zero-order valence-corrected chi connectivity index (χ0v) is 15.5. The van der Waals surface area contributed by atoms with Crippen molar-refractivity contribution in [2.75, 3.05) is 0 Å². The van der Waals surface area contributed by atoms with Gasteiger partial charge < -0.3 is 14.6 Å². The van der Waals surface area contributed by atoms with Gasteiger partial charge in [-0.1, -0.05) is 48.5 Å². The van der Waals surface area contributed by atoms with Crippen molar-refractivity contribution in [3.05, 3.63) is 95.6 Å². The zero-order chi connectivity index (χ0) is 20.5. The van der Waals surface area contributed by atoms with Crippen LogP contribution in [0.2, 0.25) is 0 Å². The smallest absolute Gasteiger partial charge is 0.426 e. The molecule has 0 aliphatic heterocycles. The molecular formula is C22H20N2O5. The number of nitrogens with one attached hydrogen (secondary N) is 2. The summed E-state index contributed by atoms with van der Waals surface area (Å²) in [5.74, 6) is 0.0382. The first-order valence-corrected chi connectivity index (χ1v) is 8.88. The van der Waals surface area contributed by atoms with Crippen molar-refractivity contribution in [3.8, 4) is 11.5 Å². The number of phenols is 1. The van der Waals surface area contributed by atoms with Crippen molar-refractivity contribution in [2.24, 2.45) is 0 Å². The summed E-state index contributed by atoms with van der Waals surface area (Å²) in [6.45, 7) is 0.447. The molecule has 2 amide bonds. The van der Waals surface area contributed by atoms with E-state index < -0.39 is 12.0 Å². The van der Waals surface area contributed by atoms with Crippen molar-refractivity contribution >= 4 is 12.0 Å². The standard InChI is InChI=1S/C22H20N2O5/c25-19-10-5-9-18(13-19)21(26)23-24-22(27)29-15-17-8-4-11-20(12-17)28-14-16-6-2-1-3-7-16/h1-13,25H,14-15H2,(H,23,26)(H,24,27). The van der Waals surface area contributed by atoms with Crippen LogP contribution in [0.15, 0.2) is 78.9 Å². The molecule has 3 N–H and O–H groups in total. The molecule has 3 rings (SSSR count). The summed E-state index contributed by atoms with van der Waals surface area (Å²) in [4.78, 5) is 23.7. The Labute approximate surface area is 167 Å². The lowest BCUT2D eigenvalue weighted by Crippen LogP contribution is -2.41. The molecule has 0 aliphatic carbocycles. The maximum absolute atomic E-state index is 11.9. The maximum atomic E-state index is 11.9. The fourth-order valence-corrected chi connectivity index (χ4v) is 2.48. The predicted molar refractivity (Wildman–Crippen MR) is 106 cm³/mol. The Morgan fingerprint density at radius 1 is 0.793 bits per heavy atom. The molecule has 29 heavy (non-hydrogen) atoms. The van der Waals surface area contributed by atoms with Gasteiger partial charge >= 0.3 is 6.09 Å². The summed E-state index contributed by atoms with van der Waals surface area (Å²) in [6.07, 6.45) is -0.811. The number of amides is 2. The minimum atomic E-state index is -0.811. The third-order valence-corrected chi connectivity index (χ3v) is 3.90. The Morgan fingerprint density at radius 3 is 2.34 bits per heavy atom. The van der Waals surface area contributed by atoms with Crippen molar-refractivity contribution < 1.29 is 24.2 Å². The average molecular weight is 392 g/mol. The van der Waals surface area contributed by atoms with Crippen molar-refractivity contribution in [2.45, 2.75) is 13.2 Å². The fourth-order valence-electron chi connectivity index (χ4n) is 2.48. The van der Waals surface area contributed by atoms with Gasteiger partial charge in [-0.3, -0.25) is 10.2 Å². The Balaban J connectivity index is 1.44. The molecule has 0 spiro atoms. The van der Waals surface area contributed by atoms with E-state index in [9.17, 15) is 14.7 Å². The van der Waals surface area contributed by atoms with Crippen LogP contribution in [0.1, 0.15) is 21.5 Å². The third-order valence-electron chi connectivity index (χ3n) is 3.90. The van der Waals surface area contributed by atoms with Crippen molar-refractivity contribution in [1.29, 1.82) is 0 Å². The van der Waals surface area contributed by atoms with Gasteiger partial charge in [0.15, 0.2) is 0 Å². The van der Waals surface area contributed by atoms with Gasteiger partial charge in [-0.15, -0.1) is 0 Å². The van der Waals surface area contributed by atoms with E-state index in [-0.39, 0.29) is 17.9 Å². The van der Waals surface area contributed by atoms with E-state index >= 15 is 0 Å². The molecule has 3 aromatic carbocycles. The molecule has 0 fully saturated rings. The van der Waals surface area contributed by atoms with Crippen LogP contribution < -0.4 is 15.6 Å². The largest absolute Gasteiger partial charge is 0.508 e.